The predicted octanol–water partition coefficient (Wildman–Crippen LogP) is -0.0289. The Labute approximate surface area is 75.5 Å². The van der Waals surface area contributed by atoms with Crippen LogP contribution in [-0.4, -0.2) is 56.1 Å². The summed E-state index contributed by atoms with van der Waals surface area (Å²) in [5, 5.41) is 0. The molecule has 0 saturated heterocycles. The Morgan fingerprint density at radius 1 is 1.17 bits per heavy atom. The number of likely N-dealkylation sites (N-methyl/N-ethyl adjacent to an activating group) is 2. The zero-order valence-electron chi connectivity index (χ0n) is 8.51. The van der Waals surface area contributed by atoms with Gasteiger partial charge >= 0.3 is 0 Å². The maximum Gasteiger partial charge on any atom is 0.0330 e. The Bertz CT molecular complexity index is 141. The van der Waals surface area contributed by atoms with E-state index in [1.807, 2.05) is 0 Å². The van der Waals surface area contributed by atoms with Gasteiger partial charge in [-0.05, 0) is 34.0 Å². The third-order valence-corrected chi connectivity index (χ3v) is 2.90. The van der Waals surface area contributed by atoms with Gasteiger partial charge < -0.3 is 10.6 Å². The summed E-state index contributed by atoms with van der Waals surface area (Å²) >= 11 is 0. The second-order valence-electron chi connectivity index (χ2n) is 4.15. The number of nitrogens with zero attached hydrogens (tertiary/aromatic N) is 2. The number of rotatable bonds is 5. The van der Waals surface area contributed by atoms with Crippen molar-refractivity contribution < 1.29 is 0 Å². The molecule has 0 radical (unpaired) electrons. The van der Waals surface area contributed by atoms with Gasteiger partial charge in [0.15, 0.2) is 0 Å². The summed E-state index contributed by atoms with van der Waals surface area (Å²) in [6.07, 6.45) is 2.57. The minimum Gasteiger partial charge on any atom is -0.329 e. The van der Waals surface area contributed by atoms with Crippen LogP contribution in [-0.2, 0) is 0 Å². The van der Waals surface area contributed by atoms with E-state index in [9.17, 15) is 0 Å². The Hall–Kier alpha value is -0.120. The molecule has 0 unspecified atom stereocenters. The van der Waals surface area contributed by atoms with E-state index in [1.54, 1.807) is 0 Å². The zero-order chi connectivity index (χ0) is 9.19. The highest BCUT2D eigenvalue weighted by Gasteiger charge is 2.44. The van der Waals surface area contributed by atoms with Gasteiger partial charge in [-0.25, -0.2) is 0 Å². The molecule has 0 heterocycles. The maximum atomic E-state index is 5.72. The predicted molar refractivity (Wildman–Crippen MR) is 52.2 cm³/mol. The molecule has 72 valence electrons. The van der Waals surface area contributed by atoms with Crippen molar-refractivity contribution in [2.24, 2.45) is 5.73 Å². The summed E-state index contributed by atoms with van der Waals surface area (Å²) in [5.74, 6) is 0. The molecule has 1 saturated carbocycles. The fraction of sp³-hybridized carbons (Fsp3) is 1.00. The van der Waals surface area contributed by atoms with Gasteiger partial charge in [-0.3, -0.25) is 4.90 Å². The van der Waals surface area contributed by atoms with Crippen molar-refractivity contribution in [1.29, 1.82) is 0 Å². The van der Waals surface area contributed by atoms with Crippen LogP contribution in [0, 0.1) is 0 Å². The quantitative estimate of drug-likeness (QED) is 0.630. The lowest BCUT2D eigenvalue weighted by atomic mass is 10.2. The molecular weight excluding hydrogens is 150 g/mol. The average Bonchev–Trinajstić information content (AvgIpc) is 2.80. The molecule has 1 aliphatic rings. The van der Waals surface area contributed by atoms with Crippen molar-refractivity contribution in [3.63, 3.8) is 0 Å². The van der Waals surface area contributed by atoms with Gasteiger partial charge in [0.1, 0.15) is 0 Å². The van der Waals surface area contributed by atoms with Crippen molar-refractivity contribution >= 4 is 0 Å². The third kappa shape index (κ3) is 2.19. The van der Waals surface area contributed by atoms with E-state index < -0.39 is 0 Å². The first kappa shape index (κ1) is 9.96. The molecule has 0 aromatic heterocycles. The van der Waals surface area contributed by atoms with Gasteiger partial charge in [0.2, 0.25) is 0 Å². The van der Waals surface area contributed by atoms with Crippen LogP contribution in [0.15, 0.2) is 0 Å². The Balaban J connectivity index is 2.23. The summed E-state index contributed by atoms with van der Waals surface area (Å²) < 4.78 is 0. The largest absolute Gasteiger partial charge is 0.329 e. The molecule has 12 heavy (non-hydrogen) atoms. The summed E-state index contributed by atoms with van der Waals surface area (Å²) in [5.41, 5.74) is 6.09. The fourth-order valence-corrected chi connectivity index (χ4v) is 1.47. The van der Waals surface area contributed by atoms with Crippen molar-refractivity contribution in [2.45, 2.75) is 18.4 Å². The van der Waals surface area contributed by atoms with Gasteiger partial charge in [0.05, 0.1) is 0 Å². The van der Waals surface area contributed by atoms with Crippen LogP contribution in [0.2, 0.25) is 0 Å². The summed E-state index contributed by atoms with van der Waals surface area (Å²) in [4.78, 5) is 4.62. The molecular formula is C9H21N3. The average molecular weight is 171 g/mol. The van der Waals surface area contributed by atoms with Gasteiger partial charge in [0, 0.05) is 25.2 Å². The van der Waals surface area contributed by atoms with E-state index in [0.717, 1.165) is 19.6 Å². The normalized spacial score (nSPS) is 20.5. The topological polar surface area (TPSA) is 32.5 Å². The number of hydrogen-bond donors (Lipinski definition) is 1. The standard InChI is InChI=1S/C9H21N3/c1-11(2)6-7-12(3)9(8-10)4-5-9/h4-8,10H2,1-3H3. The van der Waals surface area contributed by atoms with Crippen LogP contribution in [0.5, 0.6) is 0 Å². The van der Waals surface area contributed by atoms with Crippen LogP contribution in [0.1, 0.15) is 12.8 Å². The Morgan fingerprint density at radius 3 is 2.08 bits per heavy atom. The number of hydrogen-bond acceptors (Lipinski definition) is 3. The van der Waals surface area contributed by atoms with Crippen LogP contribution >= 0.6 is 0 Å². The van der Waals surface area contributed by atoms with Crippen LogP contribution < -0.4 is 5.73 Å². The van der Waals surface area contributed by atoms with Crippen molar-refractivity contribution in [1.82, 2.24) is 9.80 Å². The van der Waals surface area contributed by atoms with Crippen LogP contribution in [0.25, 0.3) is 0 Å². The molecule has 1 fully saturated rings. The highest BCUT2D eigenvalue weighted by atomic mass is 15.2. The number of nitrogens with two attached hydrogens (primary N) is 1. The minimum atomic E-state index is 0.371. The first-order valence-electron chi connectivity index (χ1n) is 4.67. The van der Waals surface area contributed by atoms with Gasteiger partial charge in [0.25, 0.3) is 0 Å². The van der Waals surface area contributed by atoms with Gasteiger partial charge in [-0.2, -0.15) is 0 Å². The van der Waals surface area contributed by atoms with Crippen LogP contribution in [0.3, 0.4) is 0 Å². The highest BCUT2D eigenvalue weighted by Crippen LogP contribution is 2.39. The Kier molecular flexibility index (Phi) is 3.09. The molecule has 3 nitrogen and oxygen atoms in total. The van der Waals surface area contributed by atoms with E-state index >= 15 is 0 Å². The first-order valence-corrected chi connectivity index (χ1v) is 4.67. The molecule has 0 aromatic carbocycles. The van der Waals surface area contributed by atoms with Crippen molar-refractivity contribution in [3.8, 4) is 0 Å². The van der Waals surface area contributed by atoms with Gasteiger partial charge in [-0.1, -0.05) is 0 Å². The van der Waals surface area contributed by atoms with Crippen LogP contribution in [0.4, 0.5) is 0 Å². The smallest absolute Gasteiger partial charge is 0.0330 e. The highest BCUT2D eigenvalue weighted by molar-refractivity contribution is 5.03. The second kappa shape index (κ2) is 3.73. The molecule has 0 spiro atoms. The lowest BCUT2D eigenvalue weighted by molar-refractivity contribution is 0.204. The van der Waals surface area contributed by atoms with E-state index in [0.29, 0.717) is 5.54 Å². The van der Waals surface area contributed by atoms with Crippen molar-refractivity contribution in [2.75, 3.05) is 40.8 Å². The molecule has 1 rings (SSSR count). The van der Waals surface area contributed by atoms with E-state index in [1.165, 1.54) is 12.8 Å². The molecule has 0 bridgehead atoms. The fourth-order valence-electron chi connectivity index (χ4n) is 1.47. The van der Waals surface area contributed by atoms with Gasteiger partial charge in [-0.15, -0.1) is 0 Å². The lowest BCUT2D eigenvalue weighted by Gasteiger charge is -2.27. The SMILES string of the molecule is CN(C)CCN(C)C1(CN)CC1. The monoisotopic (exact) mass is 171 g/mol. The molecule has 0 amide bonds. The molecule has 0 aliphatic heterocycles. The zero-order valence-corrected chi connectivity index (χ0v) is 8.51. The third-order valence-electron chi connectivity index (χ3n) is 2.90. The lowest BCUT2D eigenvalue weighted by Crippen LogP contribution is -2.43. The second-order valence-corrected chi connectivity index (χ2v) is 4.15. The summed E-state index contributed by atoms with van der Waals surface area (Å²) in [6.45, 7) is 3.07. The summed E-state index contributed by atoms with van der Waals surface area (Å²) in [7, 11) is 6.40. The molecule has 1 aliphatic carbocycles. The Morgan fingerprint density at radius 2 is 1.75 bits per heavy atom. The van der Waals surface area contributed by atoms with E-state index in [4.69, 9.17) is 5.73 Å². The molecule has 0 aromatic rings. The van der Waals surface area contributed by atoms with Crippen molar-refractivity contribution in [3.05, 3.63) is 0 Å². The first-order chi connectivity index (χ1) is 5.60. The van der Waals surface area contributed by atoms with E-state index in [-0.39, 0.29) is 0 Å². The van der Waals surface area contributed by atoms with E-state index in [2.05, 4.69) is 30.9 Å². The molecule has 0 atom stereocenters. The molecule has 3 heteroatoms. The maximum absolute atomic E-state index is 5.72. The molecule has 2 N–H and O–H groups in total. The minimum absolute atomic E-state index is 0.371. The summed E-state index contributed by atoms with van der Waals surface area (Å²) in [6, 6.07) is 0.